The molecule has 0 aliphatic heterocycles. The van der Waals surface area contributed by atoms with Gasteiger partial charge in [0.25, 0.3) is 0 Å². The van der Waals surface area contributed by atoms with Gasteiger partial charge in [-0.3, -0.25) is 4.98 Å². The second-order valence-corrected chi connectivity index (χ2v) is 5.13. The van der Waals surface area contributed by atoms with Crippen LogP contribution >= 0.6 is 0 Å². The van der Waals surface area contributed by atoms with Crippen molar-refractivity contribution in [2.75, 3.05) is 0 Å². The Morgan fingerprint density at radius 1 is 1.31 bits per heavy atom. The zero-order valence-electron chi connectivity index (χ0n) is 10.4. The fourth-order valence-electron chi connectivity index (χ4n) is 2.74. The molecule has 0 amide bonds. The van der Waals surface area contributed by atoms with E-state index in [1.54, 1.807) is 0 Å². The van der Waals surface area contributed by atoms with Crippen molar-refractivity contribution in [3.05, 3.63) is 41.7 Å². The Labute approximate surface area is 98.6 Å². The molecule has 16 heavy (non-hydrogen) atoms. The highest BCUT2D eigenvalue weighted by atomic mass is 14.6. The van der Waals surface area contributed by atoms with Crippen LogP contribution in [0, 0.1) is 12.8 Å². The van der Waals surface area contributed by atoms with Crippen LogP contribution in [-0.4, -0.2) is 4.98 Å². The van der Waals surface area contributed by atoms with E-state index in [2.05, 4.69) is 37.5 Å². The molecule has 1 heterocycles. The maximum absolute atomic E-state index is 4.26. The molecule has 1 heteroatoms. The Balaban J connectivity index is 2.01. The van der Waals surface area contributed by atoms with E-state index in [-0.39, 0.29) is 0 Å². The normalized spacial score (nSPS) is 25.4. The molecule has 86 valence electrons. The number of pyridine rings is 1. The van der Waals surface area contributed by atoms with E-state index in [9.17, 15) is 0 Å². The first kappa shape index (κ1) is 11.4. The number of aryl methyl sites for hydroxylation is 1. The molecule has 0 spiro atoms. The molecule has 0 radical (unpaired) electrons. The van der Waals surface area contributed by atoms with Crippen molar-refractivity contribution < 1.29 is 0 Å². The smallest absolute Gasteiger partial charge is 0.0375 e. The molecule has 1 aromatic heterocycles. The van der Waals surface area contributed by atoms with Crippen LogP contribution in [0.5, 0.6) is 0 Å². The lowest BCUT2D eigenvalue weighted by molar-refractivity contribution is 0.363. The minimum atomic E-state index is 0.747. The fourth-order valence-corrected chi connectivity index (χ4v) is 2.74. The third-order valence-electron chi connectivity index (χ3n) is 3.82. The topological polar surface area (TPSA) is 12.9 Å². The van der Waals surface area contributed by atoms with Crippen molar-refractivity contribution in [2.45, 2.75) is 45.4 Å². The third-order valence-corrected chi connectivity index (χ3v) is 3.82. The van der Waals surface area contributed by atoms with Crippen LogP contribution in [0.25, 0.3) is 0 Å². The summed E-state index contributed by atoms with van der Waals surface area (Å²) in [5, 5.41) is 0. The standard InChI is InChI=1S/C15H21N/c1-11(2)13-4-6-14(7-5-13)15-8-9-16-12(3)10-15/h8-10,13-14H,1,4-7H2,2-3H3. The van der Waals surface area contributed by atoms with Gasteiger partial charge in [-0.05, 0) is 69.1 Å². The lowest BCUT2D eigenvalue weighted by Gasteiger charge is -2.29. The van der Waals surface area contributed by atoms with Crippen molar-refractivity contribution in [2.24, 2.45) is 5.92 Å². The Bertz CT molecular complexity index is 373. The molecule has 1 aliphatic rings. The number of nitrogens with zero attached hydrogens (tertiary/aromatic N) is 1. The summed E-state index contributed by atoms with van der Waals surface area (Å²) in [5.41, 5.74) is 3.98. The Kier molecular flexibility index (Phi) is 3.42. The summed E-state index contributed by atoms with van der Waals surface area (Å²) in [4.78, 5) is 4.26. The van der Waals surface area contributed by atoms with E-state index in [4.69, 9.17) is 0 Å². The molecule has 1 aromatic rings. The van der Waals surface area contributed by atoms with Gasteiger partial charge in [-0.2, -0.15) is 0 Å². The van der Waals surface area contributed by atoms with Crippen molar-refractivity contribution in [1.82, 2.24) is 4.98 Å². The molecular formula is C15H21N. The molecule has 0 aromatic carbocycles. The molecule has 1 saturated carbocycles. The van der Waals surface area contributed by atoms with Gasteiger partial charge in [0.1, 0.15) is 0 Å². The van der Waals surface area contributed by atoms with Crippen LogP contribution in [0.3, 0.4) is 0 Å². The zero-order chi connectivity index (χ0) is 11.5. The fraction of sp³-hybridized carbons (Fsp3) is 0.533. The molecule has 1 aliphatic carbocycles. The third kappa shape index (κ3) is 2.52. The minimum Gasteiger partial charge on any atom is -0.262 e. The van der Waals surface area contributed by atoms with Gasteiger partial charge in [-0.15, -0.1) is 0 Å². The second kappa shape index (κ2) is 4.82. The Morgan fingerprint density at radius 3 is 2.56 bits per heavy atom. The average Bonchev–Trinajstić information content (AvgIpc) is 2.29. The van der Waals surface area contributed by atoms with Gasteiger partial charge in [0.2, 0.25) is 0 Å². The minimum absolute atomic E-state index is 0.747. The van der Waals surface area contributed by atoms with Gasteiger partial charge in [-0.1, -0.05) is 12.2 Å². The quantitative estimate of drug-likeness (QED) is 0.672. The van der Waals surface area contributed by atoms with Gasteiger partial charge in [0, 0.05) is 11.9 Å². The Hall–Kier alpha value is -1.11. The molecule has 0 unspecified atom stereocenters. The molecule has 1 fully saturated rings. The Morgan fingerprint density at radius 2 is 2.00 bits per heavy atom. The van der Waals surface area contributed by atoms with Gasteiger partial charge >= 0.3 is 0 Å². The van der Waals surface area contributed by atoms with Crippen molar-refractivity contribution in [1.29, 1.82) is 0 Å². The second-order valence-electron chi connectivity index (χ2n) is 5.13. The first-order valence-electron chi connectivity index (χ1n) is 6.25. The van der Waals surface area contributed by atoms with E-state index < -0.39 is 0 Å². The summed E-state index contributed by atoms with van der Waals surface area (Å²) in [5.74, 6) is 1.51. The van der Waals surface area contributed by atoms with E-state index in [0.717, 1.165) is 17.5 Å². The van der Waals surface area contributed by atoms with E-state index in [0.29, 0.717) is 0 Å². The SMILES string of the molecule is C=C(C)C1CCC(c2ccnc(C)c2)CC1. The molecule has 2 rings (SSSR count). The molecule has 0 atom stereocenters. The zero-order valence-corrected chi connectivity index (χ0v) is 10.4. The lowest BCUT2D eigenvalue weighted by atomic mass is 9.76. The van der Waals surface area contributed by atoms with Gasteiger partial charge in [-0.25, -0.2) is 0 Å². The molecule has 0 saturated heterocycles. The monoisotopic (exact) mass is 215 g/mol. The van der Waals surface area contributed by atoms with Crippen molar-refractivity contribution in [3.63, 3.8) is 0 Å². The summed E-state index contributed by atoms with van der Waals surface area (Å²) in [7, 11) is 0. The average molecular weight is 215 g/mol. The highest BCUT2D eigenvalue weighted by molar-refractivity contribution is 5.21. The molecule has 0 N–H and O–H groups in total. The largest absolute Gasteiger partial charge is 0.262 e. The highest BCUT2D eigenvalue weighted by Crippen LogP contribution is 2.37. The van der Waals surface area contributed by atoms with Gasteiger partial charge in [0.05, 0.1) is 0 Å². The van der Waals surface area contributed by atoms with Crippen LogP contribution in [-0.2, 0) is 0 Å². The predicted octanol–water partition coefficient (Wildman–Crippen LogP) is 4.24. The number of hydrogen-bond acceptors (Lipinski definition) is 1. The van der Waals surface area contributed by atoms with Crippen LogP contribution in [0.15, 0.2) is 30.5 Å². The van der Waals surface area contributed by atoms with Crippen LogP contribution in [0.2, 0.25) is 0 Å². The number of rotatable bonds is 2. The molecule has 0 bridgehead atoms. The first-order valence-corrected chi connectivity index (χ1v) is 6.25. The predicted molar refractivity (Wildman–Crippen MR) is 68.5 cm³/mol. The summed E-state index contributed by atoms with van der Waals surface area (Å²) in [6.45, 7) is 8.32. The van der Waals surface area contributed by atoms with Crippen LogP contribution < -0.4 is 0 Å². The van der Waals surface area contributed by atoms with E-state index in [1.165, 1.54) is 36.8 Å². The van der Waals surface area contributed by atoms with Crippen molar-refractivity contribution in [3.8, 4) is 0 Å². The number of aromatic nitrogens is 1. The van der Waals surface area contributed by atoms with E-state index in [1.807, 2.05) is 6.20 Å². The van der Waals surface area contributed by atoms with E-state index >= 15 is 0 Å². The first-order chi connectivity index (χ1) is 7.66. The summed E-state index contributed by atoms with van der Waals surface area (Å²) >= 11 is 0. The van der Waals surface area contributed by atoms with Crippen molar-refractivity contribution >= 4 is 0 Å². The maximum atomic E-state index is 4.26. The number of allylic oxidation sites excluding steroid dienone is 1. The highest BCUT2D eigenvalue weighted by Gasteiger charge is 2.22. The van der Waals surface area contributed by atoms with Crippen LogP contribution in [0.4, 0.5) is 0 Å². The lowest BCUT2D eigenvalue weighted by Crippen LogP contribution is -2.14. The summed E-state index contributed by atoms with van der Waals surface area (Å²) in [6, 6.07) is 4.42. The van der Waals surface area contributed by atoms with Crippen LogP contribution in [0.1, 0.15) is 49.8 Å². The summed E-state index contributed by atoms with van der Waals surface area (Å²) in [6.07, 6.45) is 7.17. The summed E-state index contributed by atoms with van der Waals surface area (Å²) < 4.78 is 0. The number of hydrogen-bond donors (Lipinski definition) is 0. The molecular weight excluding hydrogens is 194 g/mol. The maximum Gasteiger partial charge on any atom is 0.0375 e. The van der Waals surface area contributed by atoms with Gasteiger partial charge in [0.15, 0.2) is 0 Å². The van der Waals surface area contributed by atoms with Gasteiger partial charge < -0.3 is 0 Å². The molecule has 1 nitrogen and oxygen atoms in total.